The molecule has 92 valence electrons. The van der Waals surface area contributed by atoms with E-state index in [2.05, 4.69) is 40.2 Å². The minimum Gasteiger partial charge on any atom is -0.379 e. The van der Waals surface area contributed by atoms with Gasteiger partial charge in [-0.25, -0.2) is 0 Å². The second-order valence-corrected chi connectivity index (χ2v) is 4.57. The van der Waals surface area contributed by atoms with E-state index in [1.807, 2.05) is 17.9 Å². The summed E-state index contributed by atoms with van der Waals surface area (Å²) >= 11 is 3.54. The summed E-state index contributed by atoms with van der Waals surface area (Å²) < 4.78 is 8.44. The first kappa shape index (κ1) is 13.7. The van der Waals surface area contributed by atoms with E-state index in [0.29, 0.717) is 0 Å². The van der Waals surface area contributed by atoms with E-state index in [0.717, 1.165) is 23.1 Å². The Bertz CT molecular complexity index is 304. The zero-order valence-corrected chi connectivity index (χ0v) is 11.9. The van der Waals surface area contributed by atoms with Crippen LogP contribution < -0.4 is 5.32 Å². The van der Waals surface area contributed by atoms with Crippen molar-refractivity contribution in [2.45, 2.75) is 32.4 Å². The number of rotatable bonds is 6. The van der Waals surface area contributed by atoms with Gasteiger partial charge >= 0.3 is 0 Å². The van der Waals surface area contributed by atoms with Crippen LogP contribution in [0.15, 0.2) is 10.7 Å². The van der Waals surface area contributed by atoms with Crippen molar-refractivity contribution in [3.63, 3.8) is 0 Å². The normalized spacial score (nSPS) is 15.1. The number of methoxy groups -OCH3 is 1. The molecule has 4 nitrogen and oxygen atoms in total. The molecule has 1 aromatic heterocycles. The fraction of sp³-hybridized carbons (Fsp3) is 0.727. The molecule has 1 heterocycles. The van der Waals surface area contributed by atoms with Crippen molar-refractivity contribution in [1.82, 2.24) is 15.1 Å². The molecule has 0 aromatic carbocycles. The van der Waals surface area contributed by atoms with E-state index in [-0.39, 0.29) is 12.1 Å². The second kappa shape index (κ2) is 6.37. The van der Waals surface area contributed by atoms with Crippen LogP contribution in [0.3, 0.4) is 0 Å². The van der Waals surface area contributed by atoms with Gasteiger partial charge in [0.2, 0.25) is 0 Å². The Kier molecular flexibility index (Phi) is 5.44. The van der Waals surface area contributed by atoms with Crippen LogP contribution in [0.25, 0.3) is 0 Å². The predicted octanol–water partition coefficient (Wildman–Crippen LogP) is 2.26. The quantitative estimate of drug-likeness (QED) is 0.873. The SMILES string of the molecule is CCNC(c1c(Br)cnn1C)C(CC)OC. The standard InChI is InChI=1S/C11H20BrN3O/c1-5-9(16-4)10(13-6-2)11-8(12)7-14-15(11)3/h7,9-10,13H,5-6H2,1-4H3. The molecule has 0 saturated carbocycles. The highest BCUT2D eigenvalue weighted by Gasteiger charge is 2.25. The van der Waals surface area contributed by atoms with E-state index in [4.69, 9.17) is 4.74 Å². The second-order valence-electron chi connectivity index (χ2n) is 3.72. The van der Waals surface area contributed by atoms with Crippen molar-refractivity contribution >= 4 is 15.9 Å². The maximum absolute atomic E-state index is 5.52. The van der Waals surface area contributed by atoms with Crippen LogP contribution in [0.5, 0.6) is 0 Å². The Morgan fingerprint density at radius 1 is 1.56 bits per heavy atom. The highest BCUT2D eigenvalue weighted by molar-refractivity contribution is 9.10. The number of nitrogens with one attached hydrogen (secondary N) is 1. The zero-order chi connectivity index (χ0) is 12.1. The number of hydrogen-bond donors (Lipinski definition) is 1. The highest BCUT2D eigenvalue weighted by Crippen LogP contribution is 2.27. The molecule has 1 rings (SSSR count). The molecule has 2 unspecified atom stereocenters. The van der Waals surface area contributed by atoms with Gasteiger partial charge < -0.3 is 10.1 Å². The first-order chi connectivity index (χ1) is 7.65. The first-order valence-corrected chi connectivity index (χ1v) is 6.38. The van der Waals surface area contributed by atoms with E-state index < -0.39 is 0 Å². The van der Waals surface area contributed by atoms with Gasteiger partial charge in [-0.2, -0.15) is 5.10 Å². The van der Waals surface area contributed by atoms with E-state index in [1.165, 1.54) is 0 Å². The van der Waals surface area contributed by atoms with Gasteiger partial charge in [0, 0.05) is 14.2 Å². The number of likely N-dealkylation sites (N-methyl/N-ethyl adjacent to an activating group) is 1. The molecule has 1 aromatic rings. The topological polar surface area (TPSA) is 39.1 Å². The van der Waals surface area contributed by atoms with Crippen molar-refractivity contribution in [1.29, 1.82) is 0 Å². The lowest BCUT2D eigenvalue weighted by Crippen LogP contribution is -2.34. The van der Waals surface area contributed by atoms with Crippen LogP contribution in [0, 0.1) is 0 Å². The lowest BCUT2D eigenvalue weighted by Gasteiger charge is -2.26. The number of aryl methyl sites for hydroxylation is 1. The summed E-state index contributed by atoms with van der Waals surface area (Å²) in [7, 11) is 3.70. The average molecular weight is 290 g/mol. The predicted molar refractivity (Wildman–Crippen MR) is 68.4 cm³/mol. The smallest absolute Gasteiger partial charge is 0.0779 e. The summed E-state index contributed by atoms with van der Waals surface area (Å²) in [6.07, 6.45) is 2.94. The lowest BCUT2D eigenvalue weighted by atomic mass is 10.1. The molecule has 16 heavy (non-hydrogen) atoms. The van der Waals surface area contributed by atoms with Crippen LogP contribution in [-0.2, 0) is 11.8 Å². The minimum absolute atomic E-state index is 0.159. The molecule has 0 aliphatic heterocycles. The molecule has 0 aliphatic carbocycles. The minimum atomic E-state index is 0.159. The number of halogens is 1. The molecule has 0 fully saturated rings. The lowest BCUT2D eigenvalue weighted by molar-refractivity contribution is 0.0628. The van der Waals surface area contributed by atoms with Crippen LogP contribution in [-0.4, -0.2) is 29.5 Å². The largest absolute Gasteiger partial charge is 0.379 e. The van der Waals surface area contributed by atoms with Gasteiger partial charge in [-0.3, -0.25) is 4.68 Å². The van der Waals surface area contributed by atoms with Crippen molar-refractivity contribution in [3.05, 3.63) is 16.4 Å². The Morgan fingerprint density at radius 3 is 2.62 bits per heavy atom. The molecular formula is C11H20BrN3O. The number of ether oxygens (including phenoxy) is 1. The fourth-order valence-corrected chi connectivity index (χ4v) is 2.53. The van der Waals surface area contributed by atoms with Crippen molar-refractivity contribution < 1.29 is 4.74 Å². The molecule has 0 bridgehead atoms. The molecule has 1 N–H and O–H groups in total. The maximum atomic E-state index is 5.52. The number of hydrogen-bond acceptors (Lipinski definition) is 3. The van der Waals surface area contributed by atoms with E-state index >= 15 is 0 Å². The Balaban J connectivity index is 3.01. The summed E-state index contributed by atoms with van der Waals surface area (Å²) in [5.41, 5.74) is 1.13. The zero-order valence-electron chi connectivity index (χ0n) is 10.3. The van der Waals surface area contributed by atoms with E-state index in [1.54, 1.807) is 7.11 Å². The van der Waals surface area contributed by atoms with Gasteiger partial charge in [0.05, 0.1) is 28.5 Å². The maximum Gasteiger partial charge on any atom is 0.0779 e. The van der Waals surface area contributed by atoms with Gasteiger partial charge in [0.25, 0.3) is 0 Å². The van der Waals surface area contributed by atoms with Crippen molar-refractivity contribution in [2.24, 2.45) is 7.05 Å². The third-order valence-electron chi connectivity index (χ3n) is 2.73. The monoisotopic (exact) mass is 289 g/mol. The van der Waals surface area contributed by atoms with Gasteiger partial charge in [0.15, 0.2) is 0 Å². The Morgan fingerprint density at radius 2 is 2.25 bits per heavy atom. The Labute approximate surface area is 105 Å². The fourth-order valence-electron chi connectivity index (χ4n) is 1.93. The van der Waals surface area contributed by atoms with E-state index in [9.17, 15) is 0 Å². The van der Waals surface area contributed by atoms with Gasteiger partial charge in [-0.05, 0) is 28.9 Å². The van der Waals surface area contributed by atoms with Crippen LogP contribution >= 0.6 is 15.9 Å². The summed E-state index contributed by atoms with van der Waals surface area (Å²) in [5.74, 6) is 0. The summed E-state index contributed by atoms with van der Waals surface area (Å²) in [6, 6.07) is 0.168. The molecule has 0 saturated heterocycles. The average Bonchev–Trinajstić information content (AvgIpc) is 2.59. The van der Waals surface area contributed by atoms with Crippen LogP contribution in [0.2, 0.25) is 0 Å². The Hall–Kier alpha value is -0.390. The third-order valence-corrected chi connectivity index (χ3v) is 3.34. The molecule has 0 aliphatic rings. The molecule has 0 radical (unpaired) electrons. The highest BCUT2D eigenvalue weighted by atomic mass is 79.9. The van der Waals surface area contributed by atoms with Gasteiger partial charge in [-0.1, -0.05) is 13.8 Å². The third kappa shape index (κ3) is 2.84. The van der Waals surface area contributed by atoms with Gasteiger partial charge in [0.1, 0.15) is 0 Å². The van der Waals surface area contributed by atoms with Gasteiger partial charge in [-0.15, -0.1) is 0 Å². The van der Waals surface area contributed by atoms with Crippen LogP contribution in [0.4, 0.5) is 0 Å². The summed E-state index contributed by atoms with van der Waals surface area (Å²) in [5, 5.41) is 7.70. The molecule has 0 spiro atoms. The first-order valence-electron chi connectivity index (χ1n) is 5.59. The summed E-state index contributed by atoms with van der Waals surface area (Å²) in [4.78, 5) is 0. The molecule has 0 amide bonds. The van der Waals surface area contributed by atoms with Crippen molar-refractivity contribution in [2.75, 3.05) is 13.7 Å². The molecular weight excluding hydrogens is 270 g/mol. The number of aromatic nitrogens is 2. The molecule has 2 atom stereocenters. The molecule has 5 heteroatoms. The van der Waals surface area contributed by atoms with Crippen molar-refractivity contribution in [3.8, 4) is 0 Å². The van der Waals surface area contributed by atoms with Crippen LogP contribution in [0.1, 0.15) is 32.0 Å². The number of nitrogens with zero attached hydrogens (tertiary/aromatic N) is 2. The summed E-state index contributed by atoms with van der Waals surface area (Å²) in [6.45, 7) is 5.13.